The van der Waals surface area contributed by atoms with Crippen LogP contribution in [0.1, 0.15) is 22.0 Å². The molecule has 0 aliphatic carbocycles. The van der Waals surface area contributed by atoms with E-state index in [9.17, 15) is 28.6 Å². The molecule has 0 spiro atoms. The lowest BCUT2D eigenvalue weighted by Crippen LogP contribution is -2.21. The Balaban J connectivity index is 2.31. The molecule has 0 aromatic heterocycles. The Kier molecular flexibility index (Phi) is 4.56. The van der Waals surface area contributed by atoms with E-state index in [-0.39, 0.29) is 0 Å². The van der Waals surface area contributed by atoms with Gasteiger partial charge in [-0.05, 0) is 18.2 Å². The van der Waals surface area contributed by atoms with E-state index in [0.717, 1.165) is 30.3 Å². The predicted molar refractivity (Wildman–Crippen MR) is 72.0 cm³/mol. The second-order valence-corrected chi connectivity index (χ2v) is 4.42. The summed E-state index contributed by atoms with van der Waals surface area (Å²) in [6, 6.07) is 6.19. The van der Waals surface area contributed by atoms with Crippen LogP contribution in [0.15, 0.2) is 36.4 Å². The number of carbonyl (C=O) groups is 2. The van der Waals surface area contributed by atoms with Crippen molar-refractivity contribution in [2.45, 2.75) is 6.10 Å². The lowest BCUT2D eigenvalue weighted by Gasteiger charge is -2.13. The van der Waals surface area contributed by atoms with Gasteiger partial charge in [-0.25, -0.2) is 18.4 Å². The molecule has 0 unspecified atom stereocenters. The van der Waals surface area contributed by atoms with Gasteiger partial charge in [0.15, 0.2) is 17.7 Å². The Morgan fingerprint density at radius 3 is 2.39 bits per heavy atom. The highest BCUT2D eigenvalue weighted by atomic mass is 19.2. The van der Waals surface area contributed by atoms with Crippen molar-refractivity contribution in [1.82, 2.24) is 0 Å². The zero-order valence-electron chi connectivity index (χ0n) is 11.4. The van der Waals surface area contributed by atoms with Crippen LogP contribution in [0.4, 0.5) is 8.78 Å². The summed E-state index contributed by atoms with van der Waals surface area (Å²) in [7, 11) is 0. The summed E-state index contributed by atoms with van der Waals surface area (Å²) in [5, 5.41) is 28.2. The van der Waals surface area contributed by atoms with Crippen LogP contribution in [0.5, 0.6) is 11.5 Å². The minimum absolute atomic E-state index is 0.543. The molecule has 0 bridgehead atoms. The maximum absolute atomic E-state index is 13.5. The summed E-state index contributed by atoms with van der Waals surface area (Å²) in [5.74, 6) is -6.89. The molecule has 3 N–H and O–H groups in total. The van der Waals surface area contributed by atoms with Crippen molar-refractivity contribution in [2.24, 2.45) is 0 Å². The van der Waals surface area contributed by atoms with E-state index in [4.69, 9.17) is 5.11 Å². The number of carbonyl (C=O) groups excluding carboxylic acids is 1. The summed E-state index contributed by atoms with van der Waals surface area (Å²) in [4.78, 5) is 22.9. The molecular formula is C15H10F2O6. The van der Waals surface area contributed by atoms with Gasteiger partial charge in [-0.15, -0.1) is 0 Å². The summed E-state index contributed by atoms with van der Waals surface area (Å²) in [6.45, 7) is 0. The van der Waals surface area contributed by atoms with Gasteiger partial charge in [-0.3, -0.25) is 0 Å². The minimum Gasteiger partial charge on any atom is -0.507 e. The number of aliphatic hydroxyl groups excluding tert-OH is 1. The molecule has 6 nitrogen and oxygen atoms in total. The Morgan fingerprint density at radius 2 is 1.74 bits per heavy atom. The molecule has 2 rings (SSSR count). The fourth-order valence-electron chi connectivity index (χ4n) is 1.84. The van der Waals surface area contributed by atoms with Crippen molar-refractivity contribution in [3.8, 4) is 11.5 Å². The third kappa shape index (κ3) is 3.27. The highest BCUT2D eigenvalue weighted by Gasteiger charge is 2.27. The van der Waals surface area contributed by atoms with Crippen molar-refractivity contribution in [3.63, 3.8) is 0 Å². The summed E-state index contributed by atoms with van der Waals surface area (Å²) in [6.07, 6.45) is -2.17. The second-order valence-electron chi connectivity index (χ2n) is 4.42. The molecule has 0 saturated carbocycles. The number of aromatic hydroxyl groups is 1. The quantitative estimate of drug-likeness (QED) is 0.587. The van der Waals surface area contributed by atoms with Gasteiger partial charge in [0.05, 0.1) is 0 Å². The van der Waals surface area contributed by atoms with Crippen molar-refractivity contribution in [2.75, 3.05) is 0 Å². The first-order chi connectivity index (χ1) is 10.8. The topological polar surface area (TPSA) is 104 Å². The van der Waals surface area contributed by atoms with Gasteiger partial charge in [-0.1, -0.05) is 18.2 Å². The first-order valence-electron chi connectivity index (χ1n) is 6.22. The molecule has 120 valence electrons. The molecule has 23 heavy (non-hydrogen) atoms. The number of aromatic carboxylic acids is 1. The average Bonchev–Trinajstić information content (AvgIpc) is 2.49. The number of esters is 1. The summed E-state index contributed by atoms with van der Waals surface area (Å²) >= 11 is 0. The second kappa shape index (κ2) is 6.41. The molecule has 1 atom stereocenters. The summed E-state index contributed by atoms with van der Waals surface area (Å²) in [5.41, 5.74) is -1.36. The van der Waals surface area contributed by atoms with E-state index >= 15 is 0 Å². The van der Waals surface area contributed by atoms with E-state index in [0.29, 0.717) is 0 Å². The molecule has 0 amide bonds. The highest BCUT2D eigenvalue weighted by molar-refractivity contribution is 5.95. The monoisotopic (exact) mass is 324 g/mol. The number of halogens is 2. The van der Waals surface area contributed by atoms with Gasteiger partial charge in [0.2, 0.25) is 0 Å². The lowest BCUT2D eigenvalue weighted by molar-refractivity contribution is -0.144. The molecular weight excluding hydrogens is 314 g/mol. The van der Waals surface area contributed by atoms with Crippen molar-refractivity contribution >= 4 is 11.9 Å². The average molecular weight is 324 g/mol. The number of benzene rings is 2. The Labute approximate surface area is 128 Å². The summed E-state index contributed by atoms with van der Waals surface area (Å²) < 4.78 is 31.3. The van der Waals surface area contributed by atoms with Gasteiger partial charge in [0.1, 0.15) is 17.1 Å². The zero-order chi connectivity index (χ0) is 17.1. The third-order valence-electron chi connectivity index (χ3n) is 2.93. The van der Waals surface area contributed by atoms with Crippen LogP contribution in [-0.4, -0.2) is 27.3 Å². The Morgan fingerprint density at radius 1 is 1.09 bits per heavy atom. The SMILES string of the molecule is O=C(O)c1c(O)cccc1OC(=O)[C@H](O)c1cccc(F)c1F. The van der Waals surface area contributed by atoms with E-state index in [2.05, 4.69) is 4.74 Å². The molecule has 0 saturated heterocycles. The Hall–Kier alpha value is -3.00. The van der Waals surface area contributed by atoms with Crippen molar-refractivity contribution in [3.05, 3.63) is 59.2 Å². The first kappa shape index (κ1) is 16.4. The lowest BCUT2D eigenvalue weighted by atomic mass is 10.1. The van der Waals surface area contributed by atoms with E-state index in [1.165, 1.54) is 6.07 Å². The van der Waals surface area contributed by atoms with Gasteiger partial charge >= 0.3 is 11.9 Å². The van der Waals surface area contributed by atoms with Crippen LogP contribution >= 0.6 is 0 Å². The maximum Gasteiger partial charge on any atom is 0.345 e. The number of hydrogen-bond acceptors (Lipinski definition) is 5. The van der Waals surface area contributed by atoms with Crippen LogP contribution in [-0.2, 0) is 4.79 Å². The van der Waals surface area contributed by atoms with E-state index in [1.807, 2.05) is 0 Å². The third-order valence-corrected chi connectivity index (χ3v) is 2.93. The molecule has 0 aliphatic heterocycles. The van der Waals surface area contributed by atoms with Gasteiger partial charge in [-0.2, -0.15) is 0 Å². The number of rotatable bonds is 4. The van der Waals surface area contributed by atoms with Crippen LogP contribution in [0.3, 0.4) is 0 Å². The van der Waals surface area contributed by atoms with Crippen LogP contribution < -0.4 is 4.74 Å². The number of ether oxygens (including phenoxy) is 1. The fourth-order valence-corrected chi connectivity index (χ4v) is 1.84. The normalized spacial score (nSPS) is 11.8. The zero-order valence-corrected chi connectivity index (χ0v) is 11.4. The molecule has 8 heteroatoms. The smallest absolute Gasteiger partial charge is 0.345 e. The van der Waals surface area contributed by atoms with E-state index in [1.54, 1.807) is 0 Å². The predicted octanol–water partition coefficient (Wildman–Crippen LogP) is 2.01. The standard InChI is InChI=1S/C15H10F2O6/c16-8-4-1-3-7(12(8)17)13(19)15(22)23-10-6-2-5-9(18)11(10)14(20)21/h1-6,13,18-19H,(H,20,21)/t13-/m1/s1. The van der Waals surface area contributed by atoms with Gasteiger partial charge in [0, 0.05) is 5.56 Å². The number of carboxylic acid groups (broad SMARTS) is 1. The molecule has 2 aromatic rings. The molecule has 0 fully saturated rings. The maximum atomic E-state index is 13.5. The Bertz CT molecular complexity index is 775. The first-order valence-corrected chi connectivity index (χ1v) is 6.22. The van der Waals surface area contributed by atoms with Gasteiger partial charge in [0.25, 0.3) is 0 Å². The number of hydrogen-bond donors (Lipinski definition) is 3. The molecule has 2 aromatic carbocycles. The van der Waals surface area contributed by atoms with Crippen LogP contribution in [0.25, 0.3) is 0 Å². The van der Waals surface area contributed by atoms with Gasteiger partial charge < -0.3 is 20.1 Å². The van der Waals surface area contributed by atoms with E-state index < -0.39 is 52.3 Å². The number of carboxylic acids is 1. The molecule has 0 radical (unpaired) electrons. The number of aliphatic hydroxyl groups is 1. The van der Waals surface area contributed by atoms with Crippen molar-refractivity contribution in [1.29, 1.82) is 0 Å². The molecule has 0 heterocycles. The molecule has 0 aliphatic rings. The van der Waals surface area contributed by atoms with Crippen LogP contribution in [0, 0.1) is 11.6 Å². The number of phenols is 1. The minimum atomic E-state index is -2.17. The fraction of sp³-hybridized carbons (Fsp3) is 0.0667. The van der Waals surface area contributed by atoms with Crippen LogP contribution in [0.2, 0.25) is 0 Å². The van der Waals surface area contributed by atoms with Crippen molar-refractivity contribution < 1.29 is 38.4 Å². The highest BCUT2D eigenvalue weighted by Crippen LogP contribution is 2.29. The largest absolute Gasteiger partial charge is 0.507 e.